The van der Waals surface area contributed by atoms with Gasteiger partial charge in [-0.25, -0.2) is 0 Å². The Morgan fingerprint density at radius 1 is 1.27 bits per heavy atom. The van der Waals surface area contributed by atoms with Crippen molar-refractivity contribution in [3.05, 3.63) is 0 Å². The highest BCUT2D eigenvalue weighted by molar-refractivity contribution is 4.92. The number of aliphatic hydroxyl groups excluding tert-OH is 1. The van der Waals surface area contributed by atoms with E-state index in [0.717, 1.165) is 6.42 Å². The molecule has 1 heterocycles. The Hall–Kier alpha value is -0.0800. The van der Waals surface area contributed by atoms with Crippen molar-refractivity contribution in [3.8, 4) is 0 Å². The largest absolute Gasteiger partial charge is 0.396 e. The van der Waals surface area contributed by atoms with Crippen LogP contribution >= 0.6 is 0 Å². The van der Waals surface area contributed by atoms with Gasteiger partial charge in [-0.05, 0) is 43.6 Å². The summed E-state index contributed by atoms with van der Waals surface area (Å²) in [6.45, 7) is 10.9. The fourth-order valence-corrected chi connectivity index (χ4v) is 2.51. The molecule has 0 saturated carbocycles. The zero-order chi connectivity index (χ0) is 11.3. The molecule has 0 aromatic rings. The fourth-order valence-electron chi connectivity index (χ4n) is 2.51. The van der Waals surface area contributed by atoms with Gasteiger partial charge in [-0.15, -0.1) is 0 Å². The second-order valence-corrected chi connectivity index (χ2v) is 5.35. The molecule has 0 spiro atoms. The first-order valence-electron chi connectivity index (χ1n) is 6.49. The van der Waals surface area contributed by atoms with E-state index in [2.05, 4.69) is 25.7 Å². The molecule has 0 aromatic carbocycles. The van der Waals surface area contributed by atoms with Crippen molar-refractivity contribution in [1.29, 1.82) is 0 Å². The van der Waals surface area contributed by atoms with E-state index < -0.39 is 0 Å². The Kier molecular flexibility index (Phi) is 5.07. The minimum absolute atomic E-state index is 0.341. The number of likely N-dealkylation sites (tertiary alicyclic amines) is 1. The van der Waals surface area contributed by atoms with E-state index in [1.54, 1.807) is 0 Å². The van der Waals surface area contributed by atoms with Crippen LogP contribution < -0.4 is 0 Å². The lowest BCUT2D eigenvalue weighted by Crippen LogP contribution is -2.55. The molecule has 0 amide bonds. The molecule has 1 N–H and O–H groups in total. The van der Waals surface area contributed by atoms with Crippen LogP contribution in [-0.2, 0) is 0 Å². The van der Waals surface area contributed by atoms with Gasteiger partial charge in [-0.3, -0.25) is 0 Å². The summed E-state index contributed by atoms with van der Waals surface area (Å²) in [5.41, 5.74) is 0.641. The maximum atomic E-state index is 8.92. The lowest BCUT2D eigenvalue weighted by atomic mass is 9.75. The predicted molar refractivity (Wildman–Crippen MR) is 64.9 cm³/mol. The SMILES string of the molecule is CCC1(CC)CN(CCCC(C)CO)C1. The van der Waals surface area contributed by atoms with E-state index in [4.69, 9.17) is 5.11 Å². The van der Waals surface area contributed by atoms with Crippen LogP contribution in [-0.4, -0.2) is 36.2 Å². The lowest BCUT2D eigenvalue weighted by Gasteiger charge is -2.50. The molecule has 0 radical (unpaired) electrons. The molecular weight excluding hydrogens is 186 g/mol. The van der Waals surface area contributed by atoms with Gasteiger partial charge in [-0.1, -0.05) is 20.8 Å². The van der Waals surface area contributed by atoms with Crippen molar-refractivity contribution in [2.24, 2.45) is 11.3 Å². The second-order valence-electron chi connectivity index (χ2n) is 5.35. The van der Waals surface area contributed by atoms with Gasteiger partial charge in [0, 0.05) is 19.7 Å². The normalized spacial score (nSPS) is 22.4. The standard InChI is InChI=1S/C13H27NO/c1-4-13(5-2)10-14(11-13)8-6-7-12(3)9-15/h12,15H,4-11H2,1-3H3. The van der Waals surface area contributed by atoms with Crippen molar-refractivity contribution >= 4 is 0 Å². The van der Waals surface area contributed by atoms with Crippen molar-refractivity contribution in [2.75, 3.05) is 26.2 Å². The average molecular weight is 213 g/mol. The number of hydrogen-bond donors (Lipinski definition) is 1. The Morgan fingerprint density at radius 2 is 1.87 bits per heavy atom. The number of aliphatic hydroxyl groups is 1. The summed E-state index contributed by atoms with van der Waals surface area (Å²) in [5, 5.41) is 8.92. The highest BCUT2D eigenvalue weighted by Gasteiger charge is 2.38. The summed E-state index contributed by atoms with van der Waals surface area (Å²) < 4.78 is 0. The average Bonchev–Trinajstić information content (AvgIpc) is 2.21. The minimum atomic E-state index is 0.341. The zero-order valence-electron chi connectivity index (χ0n) is 10.6. The van der Waals surface area contributed by atoms with Crippen LogP contribution in [0.25, 0.3) is 0 Å². The van der Waals surface area contributed by atoms with Gasteiger partial charge in [0.05, 0.1) is 0 Å². The Bertz CT molecular complexity index is 169. The number of nitrogens with zero attached hydrogens (tertiary/aromatic N) is 1. The molecule has 1 fully saturated rings. The van der Waals surface area contributed by atoms with E-state index in [-0.39, 0.29) is 0 Å². The summed E-state index contributed by atoms with van der Waals surface area (Å²) in [5.74, 6) is 0.480. The van der Waals surface area contributed by atoms with E-state index in [9.17, 15) is 0 Å². The molecule has 0 aromatic heterocycles. The number of rotatable bonds is 7. The maximum absolute atomic E-state index is 8.92. The molecule has 1 rings (SSSR count). The van der Waals surface area contributed by atoms with Gasteiger partial charge in [0.15, 0.2) is 0 Å². The molecule has 90 valence electrons. The topological polar surface area (TPSA) is 23.5 Å². The van der Waals surface area contributed by atoms with Gasteiger partial charge < -0.3 is 10.0 Å². The summed E-state index contributed by atoms with van der Waals surface area (Å²) in [7, 11) is 0. The first kappa shape index (κ1) is 13.0. The van der Waals surface area contributed by atoms with Gasteiger partial charge in [0.2, 0.25) is 0 Å². The van der Waals surface area contributed by atoms with Crippen molar-refractivity contribution < 1.29 is 5.11 Å². The van der Waals surface area contributed by atoms with Crippen molar-refractivity contribution in [3.63, 3.8) is 0 Å². The molecule has 1 aliphatic rings. The summed E-state index contributed by atoms with van der Waals surface area (Å²) in [6, 6.07) is 0. The minimum Gasteiger partial charge on any atom is -0.396 e. The third-order valence-electron chi connectivity index (χ3n) is 4.10. The monoisotopic (exact) mass is 213 g/mol. The Labute approximate surface area is 94.7 Å². The van der Waals surface area contributed by atoms with Crippen LogP contribution in [0.2, 0.25) is 0 Å². The van der Waals surface area contributed by atoms with E-state index in [0.29, 0.717) is 17.9 Å². The van der Waals surface area contributed by atoms with E-state index >= 15 is 0 Å². The first-order valence-corrected chi connectivity index (χ1v) is 6.49. The molecule has 0 bridgehead atoms. The van der Waals surface area contributed by atoms with E-state index in [1.165, 1.54) is 38.9 Å². The third kappa shape index (κ3) is 3.46. The third-order valence-corrected chi connectivity index (χ3v) is 4.10. The Balaban J connectivity index is 2.07. The predicted octanol–water partition coefficient (Wildman–Crippen LogP) is 2.52. The molecule has 1 saturated heterocycles. The molecular formula is C13H27NO. The summed E-state index contributed by atoms with van der Waals surface area (Å²) in [6.07, 6.45) is 5.06. The van der Waals surface area contributed by atoms with Gasteiger partial charge in [-0.2, -0.15) is 0 Å². The molecule has 15 heavy (non-hydrogen) atoms. The summed E-state index contributed by atoms with van der Waals surface area (Å²) in [4.78, 5) is 2.57. The van der Waals surface area contributed by atoms with Gasteiger partial charge >= 0.3 is 0 Å². The van der Waals surface area contributed by atoms with Crippen LogP contribution in [0.5, 0.6) is 0 Å². The smallest absolute Gasteiger partial charge is 0.0456 e. The van der Waals surface area contributed by atoms with Crippen molar-refractivity contribution in [2.45, 2.75) is 46.5 Å². The van der Waals surface area contributed by atoms with Gasteiger partial charge in [0.25, 0.3) is 0 Å². The van der Waals surface area contributed by atoms with Crippen LogP contribution in [0.1, 0.15) is 46.5 Å². The van der Waals surface area contributed by atoms with Crippen LogP contribution in [0.15, 0.2) is 0 Å². The molecule has 1 aliphatic heterocycles. The first-order chi connectivity index (χ1) is 7.15. The molecule has 2 nitrogen and oxygen atoms in total. The molecule has 2 heteroatoms. The van der Waals surface area contributed by atoms with Gasteiger partial charge in [0.1, 0.15) is 0 Å². The highest BCUT2D eigenvalue weighted by atomic mass is 16.3. The lowest BCUT2D eigenvalue weighted by molar-refractivity contribution is -0.00753. The van der Waals surface area contributed by atoms with E-state index in [1.807, 2.05) is 0 Å². The van der Waals surface area contributed by atoms with Crippen LogP contribution in [0.3, 0.4) is 0 Å². The fraction of sp³-hybridized carbons (Fsp3) is 1.00. The molecule has 0 aliphatic carbocycles. The highest BCUT2D eigenvalue weighted by Crippen LogP contribution is 2.36. The Morgan fingerprint density at radius 3 is 2.33 bits per heavy atom. The van der Waals surface area contributed by atoms with Crippen LogP contribution in [0, 0.1) is 11.3 Å². The molecule has 1 atom stereocenters. The zero-order valence-corrected chi connectivity index (χ0v) is 10.6. The van der Waals surface area contributed by atoms with Crippen molar-refractivity contribution in [1.82, 2.24) is 4.90 Å². The van der Waals surface area contributed by atoms with Crippen LogP contribution in [0.4, 0.5) is 0 Å². The molecule has 1 unspecified atom stereocenters. The second kappa shape index (κ2) is 5.86. The number of hydrogen-bond acceptors (Lipinski definition) is 2. The maximum Gasteiger partial charge on any atom is 0.0456 e. The summed E-state index contributed by atoms with van der Waals surface area (Å²) >= 11 is 0. The quantitative estimate of drug-likeness (QED) is 0.702.